The molecule has 1 aliphatic rings. The number of amides is 2. The molecule has 52 heavy (non-hydrogen) atoms. The zero-order chi connectivity index (χ0) is 36.8. The number of halogens is 4. The fourth-order valence-electron chi connectivity index (χ4n) is 5.73. The summed E-state index contributed by atoms with van der Waals surface area (Å²) in [5.74, 6) is -2.19. The minimum absolute atomic E-state index is 0.0732. The zero-order valence-electron chi connectivity index (χ0n) is 27.4. The average Bonchev–Trinajstić information content (AvgIpc) is 3.60. The molecule has 1 aromatic heterocycles. The number of nitrogens with zero attached hydrogens (tertiary/aromatic N) is 5. The third-order valence-corrected chi connectivity index (χ3v) is 8.72. The first-order chi connectivity index (χ1) is 24.9. The molecule has 0 aliphatic carbocycles. The number of rotatable bonds is 10. The Labute approximate surface area is 300 Å². The topological polar surface area (TPSA) is 142 Å². The number of carbonyl (C=O) groups is 3. The molecule has 0 unspecified atom stereocenters. The van der Waals surface area contributed by atoms with Gasteiger partial charge in [0.25, 0.3) is 11.8 Å². The van der Waals surface area contributed by atoms with Crippen molar-refractivity contribution in [3.8, 4) is 11.3 Å². The number of anilines is 2. The van der Waals surface area contributed by atoms with E-state index in [0.29, 0.717) is 16.8 Å². The van der Waals surface area contributed by atoms with E-state index >= 15 is 0 Å². The van der Waals surface area contributed by atoms with Crippen molar-refractivity contribution in [2.45, 2.75) is 32.0 Å². The summed E-state index contributed by atoms with van der Waals surface area (Å²) in [5, 5.41) is 23.7. The Morgan fingerprint density at radius 3 is 2.40 bits per heavy atom. The molecule has 5 aromatic rings. The summed E-state index contributed by atoms with van der Waals surface area (Å²) in [6.07, 6.45) is 1.23. The van der Waals surface area contributed by atoms with E-state index in [1.807, 2.05) is 12.1 Å². The van der Waals surface area contributed by atoms with Crippen LogP contribution in [0, 0.1) is 0 Å². The third-order valence-electron chi connectivity index (χ3n) is 8.39. The number of piperidine rings is 1. The number of aromatic carboxylic acids is 1. The molecule has 0 spiro atoms. The Bertz CT molecular complexity index is 2150. The molecule has 266 valence electrons. The van der Waals surface area contributed by atoms with E-state index in [1.54, 1.807) is 53.3 Å². The Balaban J connectivity index is 1.18. The highest BCUT2D eigenvalue weighted by molar-refractivity contribution is 6.31. The second-order valence-electron chi connectivity index (χ2n) is 12.1. The molecule has 1 aliphatic heterocycles. The van der Waals surface area contributed by atoms with E-state index in [9.17, 15) is 27.6 Å². The quantitative estimate of drug-likeness (QED) is 0.101. The summed E-state index contributed by atoms with van der Waals surface area (Å²) >= 11 is 5.71. The van der Waals surface area contributed by atoms with Crippen LogP contribution in [0.2, 0.25) is 5.02 Å². The first kappa shape index (κ1) is 35.8. The van der Waals surface area contributed by atoms with Crippen molar-refractivity contribution >= 4 is 47.0 Å². The van der Waals surface area contributed by atoms with Crippen LogP contribution in [0.15, 0.2) is 96.2 Å². The van der Waals surface area contributed by atoms with Crippen molar-refractivity contribution in [3.05, 3.63) is 130 Å². The SMILES string of the molecule is O=C(O)c1ccc(-c2cn(Cc3cccc(C(=O)Nc4ccc(N5CCCCC5)cc4C(=O)N/N=C\c4ccc(Cl)c(C(F)(F)F)c4)c3)nn2)cc1. The summed E-state index contributed by atoms with van der Waals surface area (Å²) in [6, 6.07) is 21.5. The van der Waals surface area contributed by atoms with Gasteiger partial charge in [-0.15, -0.1) is 5.10 Å². The zero-order valence-corrected chi connectivity index (χ0v) is 28.2. The number of carboxylic acid groups (broad SMARTS) is 1. The van der Waals surface area contributed by atoms with Crippen LogP contribution in [-0.4, -0.2) is 57.2 Å². The van der Waals surface area contributed by atoms with E-state index in [1.165, 1.54) is 18.2 Å². The number of carboxylic acids is 1. The number of carbonyl (C=O) groups excluding carboxylic acids is 2. The van der Waals surface area contributed by atoms with Gasteiger partial charge in [-0.1, -0.05) is 47.1 Å². The number of benzene rings is 4. The highest BCUT2D eigenvalue weighted by Gasteiger charge is 2.33. The maximum Gasteiger partial charge on any atom is 0.417 e. The van der Waals surface area contributed by atoms with Crippen LogP contribution in [0.1, 0.15) is 67.0 Å². The van der Waals surface area contributed by atoms with Gasteiger partial charge in [-0.2, -0.15) is 18.3 Å². The Hall–Kier alpha value is -6.02. The molecular weight excluding hydrogens is 699 g/mol. The molecule has 3 N–H and O–H groups in total. The van der Waals surface area contributed by atoms with Crippen molar-refractivity contribution in [1.29, 1.82) is 0 Å². The van der Waals surface area contributed by atoms with Gasteiger partial charge in [-0.05, 0) is 85.0 Å². The molecule has 2 amide bonds. The molecule has 4 aromatic carbocycles. The number of hydrazone groups is 1. The van der Waals surface area contributed by atoms with Crippen LogP contribution in [0.5, 0.6) is 0 Å². The smallest absolute Gasteiger partial charge is 0.417 e. The lowest BCUT2D eigenvalue weighted by atomic mass is 10.1. The lowest BCUT2D eigenvalue weighted by molar-refractivity contribution is -0.137. The summed E-state index contributed by atoms with van der Waals surface area (Å²) < 4.78 is 41.5. The van der Waals surface area contributed by atoms with Gasteiger partial charge in [-0.25, -0.2) is 14.9 Å². The van der Waals surface area contributed by atoms with Crippen LogP contribution in [0.25, 0.3) is 11.3 Å². The van der Waals surface area contributed by atoms with Gasteiger partial charge in [-0.3, -0.25) is 9.59 Å². The lowest BCUT2D eigenvalue weighted by Gasteiger charge is -2.29. The molecule has 0 radical (unpaired) electrons. The van der Waals surface area contributed by atoms with Crippen LogP contribution in [0.3, 0.4) is 0 Å². The first-order valence-electron chi connectivity index (χ1n) is 16.2. The van der Waals surface area contributed by atoms with Crippen molar-refractivity contribution < 1.29 is 32.7 Å². The maximum atomic E-state index is 13.5. The van der Waals surface area contributed by atoms with Crippen molar-refractivity contribution in [2.75, 3.05) is 23.3 Å². The van der Waals surface area contributed by atoms with Crippen LogP contribution >= 0.6 is 11.6 Å². The van der Waals surface area contributed by atoms with Crippen molar-refractivity contribution in [1.82, 2.24) is 20.4 Å². The van der Waals surface area contributed by atoms with Crippen LogP contribution < -0.4 is 15.6 Å². The molecule has 1 saturated heterocycles. The van der Waals surface area contributed by atoms with Gasteiger partial charge < -0.3 is 15.3 Å². The molecule has 2 heterocycles. The molecule has 11 nitrogen and oxygen atoms in total. The third kappa shape index (κ3) is 8.64. The Morgan fingerprint density at radius 1 is 0.904 bits per heavy atom. The van der Waals surface area contributed by atoms with Gasteiger partial charge in [0.15, 0.2) is 0 Å². The minimum atomic E-state index is -4.66. The number of aromatic nitrogens is 3. The maximum absolute atomic E-state index is 13.5. The highest BCUT2D eigenvalue weighted by atomic mass is 35.5. The Kier molecular flexibility index (Phi) is 10.7. The number of nitrogens with one attached hydrogen (secondary N) is 2. The standard InChI is InChI=1S/C37H31ClF3N7O4/c38-31-13-7-23(18-30(31)37(39,40)41)20-42-45-35(50)29-19-28(47-15-2-1-3-16-47)12-14-32(29)43-34(49)27-6-4-5-24(17-27)21-48-22-33(44-46-48)25-8-10-26(11-9-25)36(51)52/h4-14,17-20,22H,1-3,15-16,21H2,(H,43,49)(H,45,50)(H,51,52)/b42-20-. The summed E-state index contributed by atoms with van der Waals surface area (Å²) in [4.78, 5) is 40.3. The van der Waals surface area contributed by atoms with Gasteiger partial charge in [0.2, 0.25) is 0 Å². The first-order valence-corrected chi connectivity index (χ1v) is 16.6. The summed E-state index contributed by atoms with van der Waals surface area (Å²) in [7, 11) is 0. The van der Waals surface area contributed by atoms with Crippen molar-refractivity contribution in [3.63, 3.8) is 0 Å². The number of alkyl halides is 3. The monoisotopic (exact) mass is 729 g/mol. The van der Waals surface area contributed by atoms with Crippen molar-refractivity contribution in [2.24, 2.45) is 5.10 Å². The normalized spacial score (nSPS) is 13.3. The average molecular weight is 730 g/mol. The molecule has 0 bridgehead atoms. The Morgan fingerprint density at radius 2 is 1.67 bits per heavy atom. The lowest BCUT2D eigenvalue weighted by Crippen LogP contribution is -2.30. The van der Waals surface area contributed by atoms with E-state index in [2.05, 4.69) is 31.1 Å². The van der Waals surface area contributed by atoms with Gasteiger partial charge >= 0.3 is 12.1 Å². The molecule has 1 fully saturated rings. The van der Waals surface area contributed by atoms with Crippen LogP contribution in [-0.2, 0) is 12.7 Å². The highest BCUT2D eigenvalue weighted by Crippen LogP contribution is 2.35. The predicted octanol–water partition coefficient (Wildman–Crippen LogP) is 7.37. The fourth-order valence-corrected chi connectivity index (χ4v) is 5.95. The summed E-state index contributed by atoms with van der Waals surface area (Å²) in [6.45, 7) is 1.90. The molecular formula is C37H31ClF3N7O4. The minimum Gasteiger partial charge on any atom is -0.478 e. The van der Waals surface area contributed by atoms with Crippen LogP contribution in [0.4, 0.5) is 24.5 Å². The second-order valence-corrected chi connectivity index (χ2v) is 12.5. The number of hydrogen-bond acceptors (Lipinski definition) is 7. The van der Waals surface area contributed by atoms with E-state index in [0.717, 1.165) is 62.0 Å². The molecule has 0 saturated carbocycles. The van der Waals surface area contributed by atoms with E-state index in [-0.39, 0.29) is 28.9 Å². The molecule has 15 heteroatoms. The van der Waals surface area contributed by atoms with Gasteiger partial charge in [0.05, 0.1) is 46.4 Å². The summed E-state index contributed by atoms with van der Waals surface area (Å²) in [5.41, 5.74) is 4.99. The molecule has 6 rings (SSSR count). The molecule has 0 atom stereocenters. The largest absolute Gasteiger partial charge is 0.478 e. The van der Waals surface area contributed by atoms with Gasteiger partial charge in [0.1, 0.15) is 5.69 Å². The van der Waals surface area contributed by atoms with E-state index < -0.39 is 34.5 Å². The predicted molar refractivity (Wildman–Crippen MR) is 190 cm³/mol. The fraction of sp³-hybridized carbons (Fsp3) is 0.189. The number of hydrogen-bond donors (Lipinski definition) is 3. The second kappa shape index (κ2) is 15.5. The van der Waals surface area contributed by atoms with E-state index in [4.69, 9.17) is 16.7 Å². The van der Waals surface area contributed by atoms with Gasteiger partial charge in [0, 0.05) is 29.9 Å².